The van der Waals surface area contributed by atoms with Crippen LogP contribution in [0.25, 0.3) is 21.9 Å². The highest BCUT2D eigenvalue weighted by Crippen LogP contribution is 2.44. The number of aliphatic hydroxyl groups is 1. The minimum absolute atomic E-state index is 0.0420. The minimum atomic E-state index is -0.887. The largest absolute Gasteiger partial charge is 0.503 e. The number of aromatic amines is 1. The molecule has 0 radical (unpaired) electrons. The topological polar surface area (TPSA) is 95.8 Å². The number of hydrogen-bond donors (Lipinski definition) is 2. The van der Waals surface area contributed by atoms with Crippen LogP contribution in [0.3, 0.4) is 0 Å². The number of nitrogens with one attached hydrogen (secondary N) is 1. The van der Waals surface area contributed by atoms with Gasteiger partial charge in [0.2, 0.25) is 5.78 Å². The Morgan fingerprint density at radius 1 is 1.08 bits per heavy atom. The number of ketones is 1. The number of Topliss-reactive ketones (excluding diaryl/α,β-unsaturated/α-hetero) is 1. The predicted molar refractivity (Wildman–Crippen MR) is 137 cm³/mol. The average molecular weight is 499 g/mol. The molecule has 3 aromatic carbocycles. The van der Waals surface area contributed by atoms with E-state index in [1.807, 2.05) is 30.3 Å². The number of aromatic nitrogens is 1. The third-order valence-electron chi connectivity index (χ3n) is 6.39. The van der Waals surface area contributed by atoms with Gasteiger partial charge in [-0.2, -0.15) is 0 Å². The molecule has 5 aromatic rings. The number of furan rings is 1. The normalized spacial score (nSPS) is 15.9. The lowest BCUT2D eigenvalue weighted by Crippen LogP contribution is -2.30. The molecule has 6 rings (SSSR count). The molecular formula is C28H19ClN2O5. The number of para-hydroxylation sites is 2. The molecule has 0 saturated heterocycles. The Bertz CT molecular complexity index is 1700. The van der Waals surface area contributed by atoms with E-state index in [9.17, 15) is 14.7 Å². The van der Waals surface area contributed by atoms with Gasteiger partial charge in [-0.15, -0.1) is 0 Å². The van der Waals surface area contributed by atoms with E-state index >= 15 is 0 Å². The van der Waals surface area contributed by atoms with Gasteiger partial charge in [0.05, 0.1) is 18.7 Å². The quantitative estimate of drug-likeness (QED) is 0.275. The van der Waals surface area contributed by atoms with E-state index in [1.54, 1.807) is 42.6 Å². The number of rotatable bonds is 5. The van der Waals surface area contributed by atoms with Crippen LogP contribution in [0.2, 0.25) is 5.02 Å². The van der Waals surface area contributed by atoms with Gasteiger partial charge in [-0.1, -0.05) is 48.0 Å². The molecule has 0 fully saturated rings. The van der Waals surface area contributed by atoms with E-state index < -0.39 is 23.5 Å². The number of amides is 1. The second-order valence-electron chi connectivity index (χ2n) is 8.43. The van der Waals surface area contributed by atoms with Crippen LogP contribution in [-0.2, 0) is 4.79 Å². The van der Waals surface area contributed by atoms with Crippen molar-refractivity contribution in [3.8, 4) is 5.75 Å². The Hall–Kier alpha value is -4.49. The number of ether oxygens (including phenoxy) is 1. The Morgan fingerprint density at radius 3 is 2.61 bits per heavy atom. The molecule has 0 spiro atoms. The van der Waals surface area contributed by atoms with Gasteiger partial charge < -0.3 is 19.2 Å². The van der Waals surface area contributed by atoms with Crippen molar-refractivity contribution in [3.05, 3.63) is 107 Å². The summed E-state index contributed by atoms with van der Waals surface area (Å²) < 4.78 is 11.2. The summed E-state index contributed by atoms with van der Waals surface area (Å²) in [5.74, 6) is -1.57. The van der Waals surface area contributed by atoms with Crippen molar-refractivity contribution in [2.75, 3.05) is 12.0 Å². The molecular weight excluding hydrogens is 480 g/mol. The van der Waals surface area contributed by atoms with Gasteiger partial charge in [-0.3, -0.25) is 14.5 Å². The third kappa shape index (κ3) is 3.28. The fraction of sp³-hybridized carbons (Fsp3) is 0.0714. The maximum Gasteiger partial charge on any atom is 0.294 e. The van der Waals surface area contributed by atoms with Crippen LogP contribution in [0.1, 0.15) is 22.2 Å². The molecule has 1 aliphatic heterocycles. The zero-order chi connectivity index (χ0) is 25.0. The van der Waals surface area contributed by atoms with E-state index in [4.69, 9.17) is 20.8 Å². The first kappa shape index (κ1) is 22.0. The van der Waals surface area contributed by atoms with Gasteiger partial charge >= 0.3 is 0 Å². The lowest BCUT2D eigenvalue weighted by molar-refractivity contribution is -0.117. The van der Waals surface area contributed by atoms with Crippen LogP contribution in [0.5, 0.6) is 5.75 Å². The van der Waals surface area contributed by atoms with Gasteiger partial charge in [0.25, 0.3) is 5.91 Å². The van der Waals surface area contributed by atoms with Gasteiger partial charge in [0.1, 0.15) is 0 Å². The highest BCUT2D eigenvalue weighted by Gasteiger charge is 2.46. The van der Waals surface area contributed by atoms with E-state index in [0.29, 0.717) is 33.0 Å². The van der Waals surface area contributed by atoms with Crippen molar-refractivity contribution < 1.29 is 23.8 Å². The van der Waals surface area contributed by atoms with Crippen LogP contribution < -0.4 is 9.64 Å². The number of aliphatic hydroxyl groups excluding tert-OH is 1. The Balaban J connectivity index is 1.55. The van der Waals surface area contributed by atoms with Gasteiger partial charge in [-0.25, -0.2) is 0 Å². The van der Waals surface area contributed by atoms with E-state index in [-0.39, 0.29) is 11.3 Å². The minimum Gasteiger partial charge on any atom is -0.503 e. The molecule has 1 aliphatic rings. The number of halogens is 1. The number of anilines is 1. The van der Waals surface area contributed by atoms with Crippen molar-refractivity contribution in [1.82, 2.24) is 4.98 Å². The Labute approximate surface area is 210 Å². The highest BCUT2D eigenvalue weighted by molar-refractivity contribution is 6.31. The number of methoxy groups -OCH3 is 1. The molecule has 3 heterocycles. The summed E-state index contributed by atoms with van der Waals surface area (Å²) in [6.07, 6.45) is 1.76. The van der Waals surface area contributed by atoms with Crippen LogP contribution in [0, 0.1) is 0 Å². The SMILES string of the molecule is COc1cc(Cl)cc2cc(C(=O)C3=C(O)C(=O)N(c4ccccc4)C3c3c[nH]c4ccccc34)oc12. The number of nitrogens with zero attached hydrogens (tertiary/aromatic N) is 1. The average Bonchev–Trinajstić information content (AvgIpc) is 3.58. The van der Waals surface area contributed by atoms with Gasteiger partial charge in [-0.05, 0) is 30.3 Å². The highest BCUT2D eigenvalue weighted by atomic mass is 35.5. The number of carbonyl (C=O) groups excluding carboxylic acids is 2. The van der Waals surface area contributed by atoms with Crippen LogP contribution in [0.4, 0.5) is 5.69 Å². The first-order chi connectivity index (χ1) is 17.5. The van der Waals surface area contributed by atoms with Crippen molar-refractivity contribution >= 4 is 50.9 Å². The molecule has 0 saturated carbocycles. The summed E-state index contributed by atoms with van der Waals surface area (Å²) >= 11 is 6.18. The summed E-state index contributed by atoms with van der Waals surface area (Å²) in [5.41, 5.74) is 2.34. The summed E-state index contributed by atoms with van der Waals surface area (Å²) in [6, 6.07) is 20.4. The summed E-state index contributed by atoms with van der Waals surface area (Å²) in [7, 11) is 1.48. The molecule has 1 amide bonds. The lowest BCUT2D eigenvalue weighted by Gasteiger charge is -2.26. The third-order valence-corrected chi connectivity index (χ3v) is 6.61. The van der Waals surface area contributed by atoms with Crippen molar-refractivity contribution in [2.24, 2.45) is 0 Å². The molecule has 8 heteroatoms. The number of H-pyrrole nitrogens is 1. The van der Waals surface area contributed by atoms with Gasteiger partial charge in [0, 0.05) is 44.8 Å². The van der Waals surface area contributed by atoms with Gasteiger partial charge in [0.15, 0.2) is 22.9 Å². The molecule has 2 aromatic heterocycles. The zero-order valence-corrected chi connectivity index (χ0v) is 19.7. The monoisotopic (exact) mass is 498 g/mol. The number of hydrogen-bond acceptors (Lipinski definition) is 5. The molecule has 2 N–H and O–H groups in total. The summed E-state index contributed by atoms with van der Waals surface area (Å²) in [5, 5.41) is 12.9. The standard InChI is InChI=1S/C28H19ClN2O5/c1-35-22-13-16(29)11-15-12-21(36-27(15)22)25(32)23-24(19-14-30-20-10-6-5-9-18(19)20)31(28(34)26(23)33)17-7-3-2-4-8-17/h2-14,24,30,33H,1H3. The molecule has 0 aliphatic carbocycles. The first-order valence-corrected chi connectivity index (χ1v) is 11.5. The predicted octanol–water partition coefficient (Wildman–Crippen LogP) is 6.36. The van der Waals surface area contributed by atoms with Crippen LogP contribution >= 0.6 is 11.6 Å². The Kier molecular flexibility index (Phi) is 5.09. The number of benzene rings is 3. The first-order valence-electron chi connectivity index (χ1n) is 11.2. The molecule has 0 bridgehead atoms. The van der Waals surface area contributed by atoms with Crippen molar-refractivity contribution in [3.63, 3.8) is 0 Å². The summed E-state index contributed by atoms with van der Waals surface area (Å²) in [4.78, 5) is 31.9. The van der Waals surface area contributed by atoms with Crippen LogP contribution in [-0.4, -0.2) is 28.9 Å². The molecule has 1 unspecified atom stereocenters. The molecule has 36 heavy (non-hydrogen) atoms. The maximum atomic E-state index is 13.9. The second kappa shape index (κ2) is 8.32. The summed E-state index contributed by atoms with van der Waals surface area (Å²) in [6.45, 7) is 0. The molecule has 7 nitrogen and oxygen atoms in total. The smallest absolute Gasteiger partial charge is 0.294 e. The number of fused-ring (bicyclic) bond motifs is 2. The van der Waals surface area contributed by atoms with E-state index in [1.165, 1.54) is 18.1 Å². The fourth-order valence-electron chi connectivity index (χ4n) is 4.79. The van der Waals surface area contributed by atoms with Crippen molar-refractivity contribution in [1.29, 1.82) is 0 Å². The molecule has 178 valence electrons. The molecule has 1 atom stereocenters. The Morgan fingerprint density at radius 2 is 1.83 bits per heavy atom. The zero-order valence-electron chi connectivity index (χ0n) is 19.0. The maximum absolute atomic E-state index is 13.9. The second-order valence-corrected chi connectivity index (χ2v) is 8.87. The number of carbonyl (C=O) groups is 2. The van der Waals surface area contributed by atoms with Crippen LogP contribution in [0.15, 0.2) is 94.7 Å². The lowest BCUT2D eigenvalue weighted by atomic mass is 9.94. The van der Waals surface area contributed by atoms with Crippen molar-refractivity contribution in [2.45, 2.75) is 6.04 Å². The fourth-order valence-corrected chi connectivity index (χ4v) is 5.01. The van der Waals surface area contributed by atoms with E-state index in [2.05, 4.69) is 4.98 Å². The van der Waals surface area contributed by atoms with E-state index in [0.717, 1.165) is 10.9 Å².